The predicted octanol–water partition coefficient (Wildman–Crippen LogP) is 2.31. The van der Waals surface area contributed by atoms with Crippen molar-refractivity contribution in [1.82, 2.24) is 9.97 Å². The second-order valence-corrected chi connectivity index (χ2v) is 4.43. The fraction of sp³-hybridized carbons (Fsp3) is 0.692. The lowest BCUT2D eigenvalue weighted by molar-refractivity contribution is 0.572. The normalized spacial score (nSPS) is 16.0. The van der Waals surface area contributed by atoms with E-state index in [1.807, 2.05) is 12.3 Å². The smallest absolute Gasteiger partial charge is 0.227 e. The molecule has 0 atom stereocenters. The summed E-state index contributed by atoms with van der Waals surface area (Å²) in [5.74, 6) is 1.94. The van der Waals surface area contributed by atoms with Crippen LogP contribution in [-0.2, 0) is 0 Å². The van der Waals surface area contributed by atoms with Gasteiger partial charge in [0.05, 0.1) is 0 Å². The van der Waals surface area contributed by atoms with E-state index >= 15 is 0 Å². The Hall–Kier alpha value is -1.32. The lowest BCUT2D eigenvalue weighted by Gasteiger charge is -2.28. The molecule has 1 fully saturated rings. The minimum atomic E-state index is 0.859. The Balaban J connectivity index is 2.15. The van der Waals surface area contributed by atoms with Crippen molar-refractivity contribution < 1.29 is 0 Å². The van der Waals surface area contributed by atoms with Gasteiger partial charge in [0.1, 0.15) is 5.82 Å². The van der Waals surface area contributed by atoms with Crippen LogP contribution >= 0.6 is 0 Å². The van der Waals surface area contributed by atoms with Gasteiger partial charge in [0, 0.05) is 32.4 Å². The Morgan fingerprint density at radius 3 is 2.53 bits per heavy atom. The maximum Gasteiger partial charge on any atom is 0.227 e. The zero-order valence-electron chi connectivity index (χ0n) is 10.9. The monoisotopic (exact) mass is 234 g/mol. The SMILES string of the molecule is CCN(CC)c1nccc(N2CCCCC2)n1. The van der Waals surface area contributed by atoms with Crippen LogP contribution in [0.3, 0.4) is 0 Å². The van der Waals surface area contributed by atoms with E-state index in [0.29, 0.717) is 0 Å². The van der Waals surface area contributed by atoms with E-state index in [0.717, 1.165) is 37.9 Å². The van der Waals surface area contributed by atoms with Crippen LogP contribution in [0.5, 0.6) is 0 Å². The summed E-state index contributed by atoms with van der Waals surface area (Å²) in [7, 11) is 0. The first kappa shape index (κ1) is 12.1. The Morgan fingerprint density at radius 1 is 1.18 bits per heavy atom. The van der Waals surface area contributed by atoms with Gasteiger partial charge in [0.2, 0.25) is 5.95 Å². The Morgan fingerprint density at radius 2 is 1.88 bits per heavy atom. The summed E-state index contributed by atoms with van der Waals surface area (Å²) in [6, 6.07) is 2.03. The highest BCUT2D eigenvalue weighted by Gasteiger charge is 2.13. The minimum Gasteiger partial charge on any atom is -0.356 e. The molecule has 1 aromatic heterocycles. The zero-order valence-corrected chi connectivity index (χ0v) is 10.9. The average Bonchev–Trinajstić information content (AvgIpc) is 2.42. The first-order valence-electron chi connectivity index (χ1n) is 6.68. The summed E-state index contributed by atoms with van der Waals surface area (Å²) >= 11 is 0. The zero-order chi connectivity index (χ0) is 12.1. The molecule has 2 heterocycles. The van der Waals surface area contributed by atoms with Crippen LogP contribution in [0.25, 0.3) is 0 Å². The van der Waals surface area contributed by atoms with Crippen LogP contribution in [0, 0.1) is 0 Å². The van der Waals surface area contributed by atoms with E-state index in [9.17, 15) is 0 Å². The van der Waals surface area contributed by atoms with Crippen molar-refractivity contribution in [2.75, 3.05) is 36.0 Å². The number of nitrogens with zero attached hydrogens (tertiary/aromatic N) is 4. The molecule has 2 rings (SSSR count). The summed E-state index contributed by atoms with van der Waals surface area (Å²) < 4.78 is 0. The molecule has 0 aromatic carbocycles. The van der Waals surface area contributed by atoms with Crippen molar-refractivity contribution in [3.8, 4) is 0 Å². The molecule has 0 N–H and O–H groups in total. The van der Waals surface area contributed by atoms with Crippen molar-refractivity contribution in [3.63, 3.8) is 0 Å². The van der Waals surface area contributed by atoms with E-state index in [2.05, 4.69) is 33.6 Å². The van der Waals surface area contributed by atoms with Gasteiger partial charge in [-0.2, -0.15) is 4.98 Å². The highest BCUT2D eigenvalue weighted by atomic mass is 15.3. The quantitative estimate of drug-likeness (QED) is 0.800. The standard InChI is InChI=1S/C13H22N4/c1-3-16(4-2)13-14-9-8-12(15-13)17-10-6-5-7-11-17/h8-9H,3-7,10-11H2,1-2H3. The van der Waals surface area contributed by atoms with Crippen LogP contribution in [0.2, 0.25) is 0 Å². The highest BCUT2D eigenvalue weighted by Crippen LogP contribution is 2.19. The first-order valence-corrected chi connectivity index (χ1v) is 6.68. The third kappa shape index (κ3) is 2.87. The highest BCUT2D eigenvalue weighted by molar-refractivity contribution is 5.43. The fourth-order valence-corrected chi connectivity index (χ4v) is 2.30. The molecule has 0 unspecified atom stereocenters. The minimum absolute atomic E-state index is 0.859. The van der Waals surface area contributed by atoms with Crippen molar-refractivity contribution >= 4 is 11.8 Å². The number of anilines is 2. The molecule has 0 amide bonds. The molecule has 0 spiro atoms. The van der Waals surface area contributed by atoms with Gasteiger partial charge in [-0.1, -0.05) is 0 Å². The number of hydrogen-bond acceptors (Lipinski definition) is 4. The van der Waals surface area contributed by atoms with E-state index < -0.39 is 0 Å². The molecule has 1 aliphatic rings. The van der Waals surface area contributed by atoms with Crippen LogP contribution in [0.1, 0.15) is 33.1 Å². The van der Waals surface area contributed by atoms with Crippen molar-refractivity contribution in [2.24, 2.45) is 0 Å². The van der Waals surface area contributed by atoms with Crippen molar-refractivity contribution in [3.05, 3.63) is 12.3 Å². The molecule has 17 heavy (non-hydrogen) atoms. The van der Waals surface area contributed by atoms with Crippen LogP contribution < -0.4 is 9.80 Å². The van der Waals surface area contributed by atoms with Gasteiger partial charge < -0.3 is 9.80 Å². The Bertz CT molecular complexity index is 343. The third-order valence-electron chi connectivity index (χ3n) is 3.35. The van der Waals surface area contributed by atoms with Gasteiger partial charge in [-0.15, -0.1) is 0 Å². The molecule has 1 aromatic rings. The molecular formula is C13H22N4. The van der Waals surface area contributed by atoms with E-state index in [-0.39, 0.29) is 0 Å². The van der Waals surface area contributed by atoms with Gasteiger partial charge in [-0.3, -0.25) is 0 Å². The summed E-state index contributed by atoms with van der Waals surface area (Å²) in [5, 5.41) is 0. The molecule has 4 heteroatoms. The van der Waals surface area contributed by atoms with Crippen LogP contribution in [0.15, 0.2) is 12.3 Å². The maximum atomic E-state index is 4.68. The van der Waals surface area contributed by atoms with Crippen LogP contribution in [0.4, 0.5) is 11.8 Å². The summed E-state index contributed by atoms with van der Waals surface area (Å²) in [4.78, 5) is 13.6. The number of hydrogen-bond donors (Lipinski definition) is 0. The van der Waals surface area contributed by atoms with Gasteiger partial charge in [-0.25, -0.2) is 4.98 Å². The molecule has 0 aliphatic carbocycles. The van der Waals surface area contributed by atoms with E-state index in [1.54, 1.807) is 0 Å². The summed E-state index contributed by atoms with van der Waals surface area (Å²) in [6.45, 7) is 8.46. The fourth-order valence-electron chi connectivity index (χ4n) is 2.30. The van der Waals surface area contributed by atoms with Crippen LogP contribution in [-0.4, -0.2) is 36.1 Å². The van der Waals surface area contributed by atoms with E-state index in [1.165, 1.54) is 19.3 Å². The topological polar surface area (TPSA) is 32.3 Å². The van der Waals surface area contributed by atoms with E-state index in [4.69, 9.17) is 0 Å². The molecule has 1 saturated heterocycles. The molecule has 0 saturated carbocycles. The predicted molar refractivity (Wildman–Crippen MR) is 71.7 cm³/mol. The van der Waals surface area contributed by atoms with Gasteiger partial charge in [0.15, 0.2) is 0 Å². The Labute approximate surface area is 104 Å². The first-order chi connectivity index (χ1) is 8.35. The molecular weight excluding hydrogens is 212 g/mol. The summed E-state index contributed by atoms with van der Waals surface area (Å²) in [5.41, 5.74) is 0. The van der Waals surface area contributed by atoms with Gasteiger partial charge >= 0.3 is 0 Å². The van der Waals surface area contributed by atoms with Crippen molar-refractivity contribution in [1.29, 1.82) is 0 Å². The van der Waals surface area contributed by atoms with Gasteiger partial charge in [0.25, 0.3) is 0 Å². The average molecular weight is 234 g/mol. The molecule has 0 radical (unpaired) electrons. The number of piperidine rings is 1. The van der Waals surface area contributed by atoms with Gasteiger partial charge in [-0.05, 0) is 39.2 Å². The second-order valence-electron chi connectivity index (χ2n) is 4.43. The lowest BCUT2D eigenvalue weighted by atomic mass is 10.1. The molecule has 0 bridgehead atoms. The largest absolute Gasteiger partial charge is 0.356 e. The lowest BCUT2D eigenvalue weighted by Crippen LogP contribution is -2.31. The summed E-state index contributed by atoms with van der Waals surface area (Å²) in [6.07, 6.45) is 5.80. The third-order valence-corrected chi connectivity index (χ3v) is 3.35. The van der Waals surface area contributed by atoms with Crippen molar-refractivity contribution in [2.45, 2.75) is 33.1 Å². The second kappa shape index (κ2) is 5.84. The molecule has 94 valence electrons. The molecule has 1 aliphatic heterocycles. The molecule has 4 nitrogen and oxygen atoms in total. The number of aromatic nitrogens is 2. The maximum absolute atomic E-state index is 4.68. The number of rotatable bonds is 4. The Kier molecular flexibility index (Phi) is 4.18.